The van der Waals surface area contributed by atoms with Gasteiger partial charge < -0.3 is 10.1 Å². The fourth-order valence-electron chi connectivity index (χ4n) is 2.73. The molecule has 0 fully saturated rings. The molecule has 5 nitrogen and oxygen atoms in total. The number of carbonyl (C=O) groups excluding carboxylic acids is 1. The van der Waals surface area contributed by atoms with Gasteiger partial charge in [-0.1, -0.05) is 24.3 Å². The second-order valence-corrected chi connectivity index (χ2v) is 7.36. The van der Waals surface area contributed by atoms with E-state index in [9.17, 15) is 4.79 Å². The van der Waals surface area contributed by atoms with Crippen molar-refractivity contribution in [2.45, 2.75) is 27.0 Å². The maximum absolute atomic E-state index is 12.5. The summed E-state index contributed by atoms with van der Waals surface area (Å²) in [4.78, 5) is 12.5. The molecule has 0 radical (unpaired) electrons. The van der Waals surface area contributed by atoms with Crippen LogP contribution in [0.1, 0.15) is 32.7 Å². The average Bonchev–Trinajstić information content (AvgIpc) is 2.98. The number of nitrogens with one attached hydrogen (secondary N) is 1. The summed E-state index contributed by atoms with van der Waals surface area (Å²) in [5.41, 5.74) is 4.72. The van der Waals surface area contributed by atoms with Crippen LogP contribution in [-0.2, 0) is 20.2 Å². The zero-order chi connectivity index (χ0) is 19.4. The van der Waals surface area contributed by atoms with Crippen molar-refractivity contribution in [3.63, 3.8) is 0 Å². The largest absolute Gasteiger partial charge is 0.489 e. The normalized spacial score (nSPS) is 10.7. The zero-order valence-corrected chi connectivity index (χ0v) is 17.2. The highest BCUT2D eigenvalue weighted by Gasteiger charge is 2.10. The molecule has 3 aromatic rings. The molecule has 1 amide bonds. The molecular formula is C21H22BrN3O2. The summed E-state index contributed by atoms with van der Waals surface area (Å²) in [6.45, 7) is 4.88. The van der Waals surface area contributed by atoms with Crippen molar-refractivity contribution in [2.75, 3.05) is 0 Å². The Kier molecular flexibility index (Phi) is 5.96. The molecule has 0 unspecified atom stereocenters. The first kappa shape index (κ1) is 19.2. The van der Waals surface area contributed by atoms with Gasteiger partial charge in [0.2, 0.25) is 0 Å². The summed E-state index contributed by atoms with van der Waals surface area (Å²) in [5, 5.41) is 7.08. The molecule has 140 valence electrons. The molecule has 1 aromatic heterocycles. The smallest absolute Gasteiger partial charge is 0.251 e. The van der Waals surface area contributed by atoms with Crippen LogP contribution in [0.25, 0.3) is 0 Å². The van der Waals surface area contributed by atoms with Crippen LogP contribution in [0, 0.1) is 13.8 Å². The molecule has 1 N–H and O–H groups in total. The third-order valence-electron chi connectivity index (χ3n) is 4.35. The van der Waals surface area contributed by atoms with Gasteiger partial charge in [0.05, 0.1) is 22.9 Å². The van der Waals surface area contributed by atoms with Crippen LogP contribution in [0.5, 0.6) is 5.75 Å². The number of aromatic nitrogens is 2. The van der Waals surface area contributed by atoms with E-state index in [-0.39, 0.29) is 5.91 Å². The summed E-state index contributed by atoms with van der Waals surface area (Å²) >= 11 is 3.44. The van der Waals surface area contributed by atoms with E-state index in [1.54, 1.807) is 16.9 Å². The zero-order valence-electron chi connectivity index (χ0n) is 15.6. The first-order chi connectivity index (χ1) is 12.9. The molecule has 0 aliphatic rings. The molecule has 0 bridgehead atoms. The number of carbonyl (C=O) groups is 1. The van der Waals surface area contributed by atoms with Gasteiger partial charge in [0.1, 0.15) is 12.4 Å². The van der Waals surface area contributed by atoms with Crippen LogP contribution in [0.4, 0.5) is 0 Å². The second kappa shape index (κ2) is 8.39. The fraction of sp³-hybridized carbons (Fsp3) is 0.238. The van der Waals surface area contributed by atoms with E-state index in [2.05, 4.69) is 32.4 Å². The first-order valence-corrected chi connectivity index (χ1v) is 9.47. The van der Waals surface area contributed by atoms with Crippen molar-refractivity contribution < 1.29 is 9.53 Å². The lowest BCUT2D eigenvalue weighted by molar-refractivity contribution is 0.0950. The number of rotatable bonds is 6. The van der Waals surface area contributed by atoms with Crippen molar-refractivity contribution in [1.29, 1.82) is 0 Å². The van der Waals surface area contributed by atoms with Gasteiger partial charge in [-0.2, -0.15) is 5.10 Å². The molecule has 0 spiro atoms. The molecule has 0 aliphatic carbocycles. The monoisotopic (exact) mass is 427 g/mol. The minimum absolute atomic E-state index is 0.128. The van der Waals surface area contributed by atoms with Gasteiger partial charge in [-0.15, -0.1) is 0 Å². The van der Waals surface area contributed by atoms with Crippen LogP contribution < -0.4 is 10.1 Å². The summed E-state index contributed by atoms with van der Waals surface area (Å²) in [5.74, 6) is 0.739. The molecule has 3 rings (SSSR count). The summed E-state index contributed by atoms with van der Waals surface area (Å²) in [6.07, 6.45) is 1.72. The molecule has 27 heavy (non-hydrogen) atoms. The summed E-state index contributed by atoms with van der Waals surface area (Å²) < 4.78 is 8.55. The lowest BCUT2D eigenvalue weighted by Gasteiger charge is -2.11. The Morgan fingerprint density at radius 1 is 1.22 bits per heavy atom. The van der Waals surface area contributed by atoms with E-state index >= 15 is 0 Å². The Balaban J connectivity index is 1.64. The van der Waals surface area contributed by atoms with E-state index < -0.39 is 0 Å². The van der Waals surface area contributed by atoms with Gasteiger partial charge >= 0.3 is 0 Å². The predicted octanol–water partition coefficient (Wildman–Crippen LogP) is 4.31. The second-order valence-electron chi connectivity index (χ2n) is 6.50. The number of hydrogen-bond donors (Lipinski definition) is 1. The van der Waals surface area contributed by atoms with Crippen molar-refractivity contribution in [2.24, 2.45) is 7.05 Å². The van der Waals surface area contributed by atoms with Crippen LogP contribution in [0.2, 0.25) is 0 Å². The molecule has 0 aliphatic heterocycles. The number of ether oxygens (including phenoxy) is 1. The molecule has 0 atom stereocenters. The predicted molar refractivity (Wildman–Crippen MR) is 109 cm³/mol. The van der Waals surface area contributed by atoms with E-state index in [1.165, 1.54) is 0 Å². The quantitative estimate of drug-likeness (QED) is 0.637. The first-order valence-electron chi connectivity index (χ1n) is 8.67. The number of amides is 1. The number of nitrogens with zero attached hydrogens (tertiary/aromatic N) is 2. The van der Waals surface area contributed by atoms with Crippen LogP contribution in [-0.4, -0.2) is 15.7 Å². The molecule has 0 saturated heterocycles. The molecule has 1 heterocycles. The van der Waals surface area contributed by atoms with Crippen LogP contribution in [0.15, 0.2) is 53.1 Å². The van der Waals surface area contributed by atoms with Gasteiger partial charge in [-0.05, 0) is 64.7 Å². The van der Waals surface area contributed by atoms with Crippen molar-refractivity contribution in [3.05, 3.63) is 81.1 Å². The Morgan fingerprint density at radius 3 is 2.78 bits per heavy atom. The molecular weight excluding hydrogens is 406 g/mol. The van der Waals surface area contributed by atoms with E-state index in [0.29, 0.717) is 18.7 Å². The van der Waals surface area contributed by atoms with E-state index in [4.69, 9.17) is 4.74 Å². The third kappa shape index (κ3) is 4.77. The maximum atomic E-state index is 12.5. The molecule has 6 heteroatoms. The standard InChI is InChI=1S/C21H22BrN3O2/c1-14-7-8-15(2)20(9-14)27-13-16-5-4-6-17(10-16)21(26)23-12-19-18(22)11-24-25(19)3/h4-11H,12-13H2,1-3H3,(H,23,26). The van der Waals surface area contributed by atoms with Gasteiger partial charge in [-0.3, -0.25) is 9.48 Å². The van der Waals surface area contributed by atoms with Crippen LogP contribution >= 0.6 is 15.9 Å². The topological polar surface area (TPSA) is 56.1 Å². The Labute approximate surface area is 167 Å². The van der Waals surface area contributed by atoms with Crippen molar-refractivity contribution in [3.8, 4) is 5.75 Å². The van der Waals surface area contributed by atoms with E-state index in [0.717, 1.165) is 32.6 Å². The van der Waals surface area contributed by atoms with Gasteiger partial charge in [-0.25, -0.2) is 0 Å². The van der Waals surface area contributed by atoms with Crippen LogP contribution in [0.3, 0.4) is 0 Å². The highest BCUT2D eigenvalue weighted by molar-refractivity contribution is 9.10. The minimum atomic E-state index is -0.128. The van der Waals surface area contributed by atoms with Crippen molar-refractivity contribution in [1.82, 2.24) is 15.1 Å². The van der Waals surface area contributed by atoms with Gasteiger partial charge in [0, 0.05) is 12.6 Å². The number of halogens is 1. The lowest BCUT2D eigenvalue weighted by atomic mass is 10.1. The summed E-state index contributed by atoms with van der Waals surface area (Å²) in [6, 6.07) is 13.6. The third-order valence-corrected chi connectivity index (χ3v) is 5.02. The Morgan fingerprint density at radius 2 is 2.04 bits per heavy atom. The average molecular weight is 428 g/mol. The SMILES string of the molecule is Cc1ccc(C)c(OCc2cccc(C(=O)NCc3c(Br)cnn3C)c2)c1. The lowest BCUT2D eigenvalue weighted by Crippen LogP contribution is -2.24. The Hall–Kier alpha value is -2.60. The number of aryl methyl sites for hydroxylation is 3. The minimum Gasteiger partial charge on any atom is -0.489 e. The number of benzene rings is 2. The van der Waals surface area contributed by atoms with Gasteiger partial charge in [0.15, 0.2) is 0 Å². The van der Waals surface area contributed by atoms with Crippen molar-refractivity contribution >= 4 is 21.8 Å². The Bertz CT molecular complexity index is 946. The van der Waals surface area contributed by atoms with E-state index in [1.807, 2.05) is 51.2 Å². The molecule has 0 saturated carbocycles. The maximum Gasteiger partial charge on any atom is 0.251 e. The fourth-order valence-corrected chi connectivity index (χ4v) is 3.22. The summed E-state index contributed by atoms with van der Waals surface area (Å²) in [7, 11) is 1.84. The number of hydrogen-bond acceptors (Lipinski definition) is 3. The highest BCUT2D eigenvalue weighted by atomic mass is 79.9. The van der Waals surface area contributed by atoms with Gasteiger partial charge in [0.25, 0.3) is 5.91 Å². The highest BCUT2D eigenvalue weighted by Crippen LogP contribution is 2.21. The molecule has 2 aromatic carbocycles.